The van der Waals surface area contributed by atoms with Crippen LogP contribution in [-0.4, -0.2) is 7.05 Å². The third-order valence-electron chi connectivity index (χ3n) is 2.06. The topological polar surface area (TPSA) is 12.0 Å². The van der Waals surface area contributed by atoms with Gasteiger partial charge in [-0.2, -0.15) is 8.78 Å². The van der Waals surface area contributed by atoms with E-state index in [4.69, 9.17) is 0 Å². The maximum absolute atomic E-state index is 13.3. The summed E-state index contributed by atoms with van der Waals surface area (Å²) >= 11 is 0. The first-order valence-electron chi connectivity index (χ1n) is 4.31. The van der Waals surface area contributed by atoms with Crippen molar-refractivity contribution < 1.29 is 8.78 Å². The van der Waals surface area contributed by atoms with Gasteiger partial charge in [0.2, 0.25) is 0 Å². The van der Waals surface area contributed by atoms with Crippen molar-refractivity contribution in [3.63, 3.8) is 0 Å². The highest BCUT2D eigenvalue weighted by molar-refractivity contribution is 5.55. The SMILES string of the molecule is C=CC(F)(F)c1ccc(C)cc1NC. The van der Waals surface area contributed by atoms with Crippen molar-refractivity contribution >= 4 is 5.69 Å². The van der Waals surface area contributed by atoms with Gasteiger partial charge >= 0.3 is 0 Å². The number of alkyl halides is 2. The molecule has 1 rings (SSSR count). The molecular weight excluding hydrogens is 184 g/mol. The lowest BCUT2D eigenvalue weighted by Crippen LogP contribution is -2.12. The summed E-state index contributed by atoms with van der Waals surface area (Å²) in [4.78, 5) is 0. The minimum absolute atomic E-state index is 0.0411. The van der Waals surface area contributed by atoms with Gasteiger partial charge < -0.3 is 5.32 Å². The molecule has 0 aromatic heterocycles. The summed E-state index contributed by atoms with van der Waals surface area (Å²) in [7, 11) is 1.62. The molecule has 0 spiro atoms. The zero-order chi connectivity index (χ0) is 10.8. The average molecular weight is 197 g/mol. The van der Waals surface area contributed by atoms with E-state index in [1.165, 1.54) is 6.07 Å². The number of benzene rings is 1. The molecule has 3 heteroatoms. The molecule has 0 aliphatic carbocycles. The summed E-state index contributed by atoms with van der Waals surface area (Å²) in [6.07, 6.45) is 0.651. The molecule has 76 valence electrons. The molecule has 0 amide bonds. The van der Waals surface area contributed by atoms with Crippen LogP contribution in [0.25, 0.3) is 0 Å². The van der Waals surface area contributed by atoms with E-state index in [0.29, 0.717) is 11.8 Å². The zero-order valence-corrected chi connectivity index (χ0v) is 8.27. The second-order valence-corrected chi connectivity index (χ2v) is 3.13. The maximum Gasteiger partial charge on any atom is 0.293 e. The highest BCUT2D eigenvalue weighted by Crippen LogP contribution is 2.34. The van der Waals surface area contributed by atoms with Gasteiger partial charge in [0.15, 0.2) is 0 Å². The van der Waals surface area contributed by atoms with Gasteiger partial charge in [0.05, 0.1) is 0 Å². The van der Waals surface area contributed by atoms with Gasteiger partial charge in [-0.1, -0.05) is 18.7 Å². The van der Waals surface area contributed by atoms with Crippen molar-refractivity contribution in [2.45, 2.75) is 12.8 Å². The van der Waals surface area contributed by atoms with Crippen molar-refractivity contribution in [1.29, 1.82) is 0 Å². The summed E-state index contributed by atoms with van der Waals surface area (Å²) in [6.45, 7) is 4.99. The third-order valence-corrected chi connectivity index (χ3v) is 2.06. The molecule has 1 nitrogen and oxygen atoms in total. The Bertz CT molecular complexity index is 345. The first-order chi connectivity index (χ1) is 6.51. The largest absolute Gasteiger partial charge is 0.388 e. The third kappa shape index (κ3) is 1.92. The number of nitrogens with one attached hydrogen (secondary N) is 1. The zero-order valence-electron chi connectivity index (χ0n) is 8.27. The molecule has 0 saturated carbocycles. The first-order valence-corrected chi connectivity index (χ1v) is 4.31. The van der Waals surface area contributed by atoms with Crippen LogP contribution in [0.3, 0.4) is 0 Å². The van der Waals surface area contributed by atoms with Crippen molar-refractivity contribution in [1.82, 2.24) is 0 Å². The van der Waals surface area contributed by atoms with Crippen LogP contribution in [-0.2, 0) is 5.92 Å². The molecule has 0 heterocycles. The normalized spacial score (nSPS) is 11.1. The fourth-order valence-corrected chi connectivity index (χ4v) is 1.27. The molecule has 1 aromatic carbocycles. The van der Waals surface area contributed by atoms with Crippen molar-refractivity contribution in [2.24, 2.45) is 0 Å². The lowest BCUT2D eigenvalue weighted by Gasteiger charge is -2.16. The van der Waals surface area contributed by atoms with E-state index in [1.54, 1.807) is 19.2 Å². The standard InChI is InChI=1S/C11H13F2N/c1-4-11(12,13)9-6-5-8(2)7-10(9)14-3/h4-7,14H,1H2,2-3H3. The highest BCUT2D eigenvalue weighted by atomic mass is 19.3. The molecule has 0 unspecified atom stereocenters. The van der Waals surface area contributed by atoms with Gasteiger partial charge in [-0.15, -0.1) is 0 Å². The summed E-state index contributed by atoms with van der Waals surface area (Å²) in [6, 6.07) is 4.77. The molecule has 0 aliphatic rings. The Kier molecular flexibility index (Phi) is 2.89. The van der Waals surface area contributed by atoms with Crippen LogP contribution >= 0.6 is 0 Å². The summed E-state index contributed by atoms with van der Waals surface area (Å²) in [5.41, 5.74) is 1.34. The van der Waals surface area contributed by atoms with E-state index >= 15 is 0 Å². The molecule has 1 N–H and O–H groups in total. The van der Waals surface area contributed by atoms with Crippen LogP contribution in [0.4, 0.5) is 14.5 Å². The van der Waals surface area contributed by atoms with Gasteiger partial charge in [0.1, 0.15) is 0 Å². The number of hydrogen-bond acceptors (Lipinski definition) is 1. The Morgan fingerprint density at radius 2 is 2.07 bits per heavy atom. The molecule has 0 bridgehead atoms. The minimum Gasteiger partial charge on any atom is -0.388 e. The number of hydrogen-bond donors (Lipinski definition) is 1. The molecule has 0 fully saturated rings. The monoisotopic (exact) mass is 197 g/mol. The number of halogens is 2. The Balaban J connectivity index is 3.27. The van der Waals surface area contributed by atoms with Crippen LogP contribution in [0.1, 0.15) is 11.1 Å². The van der Waals surface area contributed by atoms with Crippen LogP contribution in [0, 0.1) is 6.92 Å². The van der Waals surface area contributed by atoms with Gasteiger partial charge in [-0.25, -0.2) is 0 Å². The molecule has 0 radical (unpaired) electrons. The van der Waals surface area contributed by atoms with Crippen LogP contribution < -0.4 is 5.32 Å². The quantitative estimate of drug-likeness (QED) is 0.733. The fourth-order valence-electron chi connectivity index (χ4n) is 1.27. The van der Waals surface area contributed by atoms with E-state index in [2.05, 4.69) is 11.9 Å². The van der Waals surface area contributed by atoms with E-state index in [-0.39, 0.29) is 5.56 Å². The number of allylic oxidation sites excluding steroid dienone is 1. The number of aryl methyl sites for hydroxylation is 1. The van der Waals surface area contributed by atoms with Crippen LogP contribution in [0.5, 0.6) is 0 Å². The van der Waals surface area contributed by atoms with Gasteiger partial charge in [0, 0.05) is 18.3 Å². The number of rotatable bonds is 3. The second kappa shape index (κ2) is 3.78. The van der Waals surface area contributed by atoms with E-state index in [9.17, 15) is 8.78 Å². The van der Waals surface area contributed by atoms with Gasteiger partial charge in [-0.3, -0.25) is 0 Å². The van der Waals surface area contributed by atoms with Crippen LogP contribution in [0.15, 0.2) is 30.9 Å². The van der Waals surface area contributed by atoms with Gasteiger partial charge in [-0.05, 0) is 24.6 Å². The molecule has 0 atom stereocenters. The van der Waals surface area contributed by atoms with Crippen molar-refractivity contribution in [3.8, 4) is 0 Å². The Morgan fingerprint density at radius 1 is 1.43 bits per heavy atom. The second-order valence-electron chi connectivity index (χ2n) is 3.13. The van der Waals surface area contributed by atoms with E-state index in [0.717, 1.165) is 5.56 Å². The molecule has 14 heavy (non-hydrogen) atoms. The summed E-state index contributed by atoms with van der Waals surface area (Å²) in [5.74, 6) is -2.98. The smallest absolute Gasteiger partial charge is 0.293 e. The predicted octanol–water partition coefficient (Wildman–Crippen LogP) is 3.31. The molecular formula is C11H13F2N. The lowest BCUT2D eigenvalue weighted by molar-refractivity contribution is 0.0533. The Hall–Kier alpha value is -1.38. The Labute approximate surface area is 82.4 Å². The lowest BCUT2D eigenvalue weighted by atomic mass is 10.0. The molecule has 0 aliphatic heterocycles. The summed E-state index contributed by atoms with van der Waals surface area (Å²) < 4.78 is 26.6. The van der Waals surface area contributed by atoms with Crippen LogP contribution in [0.2, 0.25) is 0 Å². The molecule has 0 saturated heterocycles. The van der Waals surface area contributed by atoms with E-state index in [1.807, 2.05) is 6.92 Å². The first kappa shape index (κ1) is 10.7. The number of anilines is 1. The van der Waals surface area contributed by atoms with Crippen molar-refractivity contribution in [2.75, 3.05) is 12.4 Å². The van der Waals surface area contributed by atoms with Crippen molar-refractivity contribution in [3.05, 3.63) is 42.0 Å². The Morgan fingerprint density at radius 3 is 2.57 bits per heavy atom. The highest BCUT2D eigenvalue weighted by Gasteiger charge is 2.29. The van der Waals surface area contributed by atoms with E-state index < -0.39 is 5.92 Å². The minimum atomic E-state index is -2.98. The maximum atomic E-state index is 13.3. The predicted molar refractivity (Wildman–Crippen MR) is 54.8 cm³/mol. The van der Waals surface area contributed by atoms with Gasteiger partial charge in [0.25, 0.3) is 5.92 Å². The average Bonchev–Trinajstić information content (AvgIpc) is 2.17. The molecule has 1 aromatic rings. The fraction of sp³-hybridized carbons (Fsp3) is 0.273. The summed E-state index contributed by atoms with van der Waals surface area (Å²) in [5, 5.41) is 2.75.